The summed E-state index contributed by atoms with van der Waals surface area (Å²) in [7, 11) is 1.75. The van der Waals surface area contributed by atoms with Crippen molar-refractivity contribution in [3.63, 3.8) is 0 Å². The molecule has 0 aromatic heterocycles. The zero-order chi connectivity index (χ0) is 12.6. The summed E-state index contributed by atoms with van der Waals surface area (Å²) in [5.74, 6) is 0.572. The van der Waals surface area contributed by atoms with E-state index in [9.17, 15) is 4.79 Å². The first-order chi connectivity index (χ1) is 7.43. The van der Waals surface area contributed by atoms with Crippen molar-refractivity contribution in [2.45, 2.75) is 26.7 Å². The van der Waals surface area contributed by atoms with Crippen LogP contribution >= 0.6 is 12.2 Å². The van der Waals surface area contributed by atoms with Crippen molar-refractivity contribution in [1.29, 1.82) is 0 Å². The Morgan fingerprint density at radius 3 is 2.56 bits per heavy atom. The molecular formula is C11H22N2O2S. The monoisotopic (exact) mass is 246 g/mol. The molecule has 0 fully saturated rings. The van der Waals surface area contributed by atoms with Gasteiger partial charge in [0, 0.05) is 26.6 Å². The molecule has 0 spiro atoms. The van der Waals surface area contributed by atoms with Crippen LogP contribution in [0.3, 0.4) is 0 Å². The van der Waals surface area contributed by atoms with Crippen LogP contribution in [-0.2, 0) is 9.53 Å². The predicted molar refractivity (Wildman–Crippen MR) is 69.3 cm³/mol. The van der Waals surface area contributed by atoms with E-state index in [4.69, 9.17) is 22.7 Å². The average molecular weight is 246 g/mol. The molecule has 16 heavy (non-hydrogen) atoms. The van der Waals surface area contributed by atoms with E-state index in [0.29, 0.717) is 43.5 Å². The van der Waals surface area contributed by atoms with Crippen molar-refractivity contribution >= 4 is 23.1 Å². The van der Waals surface area contributed by atoms with Gasteiger partial charge in [0.15, 0.2) is 0 Å². The number of carbonyl (C=O) groups is 1. The Morgan fingerprint density at radius 2 is 2.06 bits per heavy atom. The van der Waals surface area contributed by atoms with Crippen LogP contribution < -0.4 is 5.73 Å². The molecule has 94 valence electrons. The van der Waals surface area contributed by atoms with E-state index in [1.807, 2.05) is 0 Å². The summed E-state index contributed by atoms with van der Waals surface area (Å²) >= 11 is 4.75. The zero-order valence-corrected chi connectivity index (χ0v) is 11.2. The number of carbonyl (C=O) groups excluding carboxylic acids is 1. The Balaban J connectivity index is 3.59. The molecule has 0 heterocycles. The van der Waals surface area contributed by atoms with Crippen molar-refractivity contribution in [3.8, 4) is 0 Å². The quantitative estimate of drug-likeness (QED) is 0.516. The Labute approximate surface area is 103 Å². The highest BCUT2D eigenvalue weighted by atomic mass is 32.1. The van der Waals surface area contributed by atoms with Crippen LogP contribution in [-0.4, -0.2) is 42.6 Å². The molecule has 0 atom stereocenters. The number of rotatable bonds is 8. The van der Waals surface area contributed by atoms with Crippen LogP contribution in [0.25, 0.3) is 0 Å². The molecule has 0 saturated heterocycles. The Morgan fingerprint density at radius 1 is 1.44 bits per heavy atom. The standard InChI is InChI=1S/C11H22N2O2S/c1-9(2)8-15-7-5-11(14)13(3)6-4-10(12)16/h9H,4-8H2,1-3H3,(H2,12,16). The highest BCUT2D eigenvalue weighted by molar-refractivity contribution is 7.80. The molecule has 0 saturated carbocycles. The third-order valence-corrected chi connectivity index (χ3v) is 2.23. The second kappa shape index (κ2) is 8.47. The smallest absolute Gasteiger partial charge is 0.224 e. The minimum Gasteiger partial charge on any atom is -0.393 e. The lowest BCUT2D eigenvalue weighted by molar-refractivity contribution is -0.131. The van der Waals surface area contributed by atoms with E-state index in [0.717, 1.165) is 0 Å². The molecule has 0 aromatic carbocycles. The van der Waals surface area contributed by atoms with Gasteiger partial charge in [-0.25, -0.2) is 0 Å². The summed E-state index contributed by atoms with van der Waals surface area (Å²) in [5, 5.41) is 0. The van der Waals surface area contributed by atoms with Gasteiger partial charge in [0.05, 0.1) is 18.0 Å². The van der Waals surface area contributed by atoms with Gasteiger partial charge < -0.3 is 15.4 Å². The first-order valence-electron chi connectivity index (χ1n) is 5.53. The number of thiocarbonyl (C=S) groups is 1. The van der Waals surface area contributed by atoms with Crippen molar-refractivity contribution in [1.82, 2.24) is 4.90 Å². The van der Waals surface area contributed by atoms with E-state index in [1.54, 1.807) is 11.9 Å². The van der Waals surface area contributed by atoms with Gasteiger partial charge in [-0.15, -0.1) is 0 Å². The third-order valence-electron chi connectivity index (χ3n) is 2.03. The molecule has 0 aliphatic rings. The Kier molecular flexibility index (Phi) is 8.11. The van der Waals surface area contributed by atoms with Gasteiger partial charge in [-0.2, -0.15) is 0 Å². The SMILES string of the molecule is CC(C)COCCC(=O)N(C)CCC(N)=S. The van der Waals surface area contributed by atoms with Gasteiger partial charge >= 0.3 is 0 Å². The van der Waals surface area contributed by atoms with Crippen molar-refractivity contribution in [2.24, 2.45) is 11.7 Å². The summed E-state index contributed by atoms with van der Waals surface area (Å²) < 4.78 is 5.34. The number of hydrogen-bond acceptors (Lipinski definition) is 3. The summed E-state index contributed by atoms with van der Waals surface area (Å²) in [4.78, 5) is 13.6. The van der Waals surface area contributed by atoms with Gasteiger partial charge in [0.2, 0.25) is 5.91 Å². The van der Waals surface area contributed by atoms with Crippen LogP contribution in [0.2, 0.25) is 0 Å². The fraction of sp³-hybridized carbons (Fsp3) is 0.818. The number of hydrogen-bond donors (Lipinski definition) is 1. The molecule has 0 unspecified atom stereocenters. The lowest BCUT2D eigenvalue weighted by atomic mass is 10.2. The Bertz CT molecular complexity index is 232. The van der Waals surface area contributed by atoms with Crippen LogP contribution in [0.15, 0.2) is 0 Å². The van der Waals surface area contributed by atoms with Crippen LogP contribution in [0.4, 0.5) is 0 Å². The summed E-state index contributed by atoms with van der Waals surface area (Å²) in [6.45, 7) is 5.92. The lowest BCUT2D eigenvalue weighted by Gasteiger charge is -2.16. The third kappa shape index (κ3) is 8.61. The minimum absolute atomic E-state index is 0.0695. The highest BCUT2D eigenvalue weighted by Gasteiger charge is 2.08. The van der Waals surface area contributed by atoms with Gasteiger partial charge in [-0.05, 0) is 5.92 Å². The number of amides is 1. The van der Waals surface area contributed by atoms with Gasteiger partial charge in [-0.1, -0.05) is 26.1 Å². The zero-order valence-electron chi connectivity index (χ0n) is 10.4. The number of nitrogens with two attached hydrogens (primary N) is 1. The number of nitrogens with zero attached hydrogens (tertiary/aromatic N) is 1. The summed E-state index contributed by atoms with van der Waals surface area (Å²) in [6.07, 6.45) is 0.991. The van der Waals surface area contributed by atoms with E-state index in [2.05, 4.69) is 13.8 Å². The summed E-state index contributed by atoms with van der Waals surface area (Å²) in [5.41, 5.74) is 5.36. The molecule has 1 amide bonds. The summed E-state index contributed by atoms with van der Waals surface area (Å²) in [6, 6.07) is 0. The van der Waals surface area contributed by atoms with E-state index in [1.165, 1.54) is 0 Å². The molecule has 4 nitrogen and oxygen atoms in total. The molecule has 0 radical (unpaired) electrons. The van der Waals surface area contributed by atoms with E-state index >= 15 is 0 Å². The van der Waals surface area contributed by atoms with Crippen molar-refractivity contribution in [2.75, 3.05) is 26.8 Å². The molecule has 0 aromatic rings. The molecule has 0 bridgehead atoms. The van der Waals surface area contributed by atoms with Gasteiger partial charge in [0.1, 0.15) is 0 Å². The Hall–Kier alpha value is -0.680. The number of ether oxygens (including phenoxy) is 1. The maximum absolute atomic E-state index is 11.6. The fourth-order valence-corrected chi connectivity index (χ4v) is 1.16. The average Bonchev–Trinajstić information content (AvgIpc) is 2.20. The fourth-order valence-electron chi connectivity index (χ4n) is 1.07. The lowest BCUT2D eigenvalue weighted by Crippen LogP contribution is -2.30. The minimum atomic E-state index is 0.0695. The first-order valence-corrected chi connectivity index (χ1v) is 5.94. The van der Waals surface area contributed by atoms with Crippen molar-refractivity contribution < 1.29 is 9.53 Å². The van der Waals surface area contributed by atoms with Crippen LogP contribution in [0.5, 0.6) is 0 Å². The predicted octanol–water partition coefficient (Wildman–Crippen LogP) is 1.18. The normalized spacial score (nSPS) is 10.5. The molecular weight excluding hydrogens is 224 g/mol. The molecule has 0 rings (SSSR count). The van der Waals surface area contributed by atoms with Crippen LogP contribution in [0, 0.1) is 5.92 Å². The first kappa shape index (κ1) is 15.3. The second-order valence-electron chi connectivity index (χ2n) is 4.25. The van der Waals surface area contributed by atoms with Crippen molar-refractivity contribution in [3.05, 3.63) is 0 Å². The molecule has 2 N–H and O–H groups in total. The highest BCUT2D eigenvalue weighted by Crippen LogP contribution is 1.97. The van der Waals surface area contributed by atoms with Gasteiger partial charge in [0.25, 0.3) is 0 Å². The van der Waals surface area contributed by atoms with Gasteiger partial charge in [-0.3, -0.25) is 4.79 Å². The largest absolute Gasteiger partial charge is 0.393 e. The van der Waals surface area contributed by atoms with Crippen LogP contribution in [0.1, 0.15) is 26.7 Å². The van der Waals surface area contributed by atoms with E-state index in [-0.39, 0.29) is 5.91 Å². The second-order valence-corrected chi connectivity index (χ2v) is 4.77. The molecule has 0 aliphatic heterocycles. The topological polar surface area (TPSA) is 55.6 Å². The van der Waals surface area contributed by atoms with E-state index < -0.39 is 0 Å². The molecule has 0 aliphatic carbocycles. The maximum atomic E-state index is 11.6. The maximum Gasteiger partial charge on any atom is 0.224 e. The molecule has 5 heteroatoms.